The van der Waals surface area contributed by atoms with Crippen molar-refractivity contribution in [3.63, 3.8) is 0 Å². The summed E-state index contributed by atoms with van der Waals surface area (Å²) >= 11 is 11.1. The van der Waals surface area contributed by atoms with Gasteiger partial charge in [0, 0.05) is 29.1 Å². The second kappa shape index (κ2) is 5.79. The van der Waals surface area contributed by atoms with Crippen molar-refractivity contribution in [1.29, 1.82) is 0 Å². The summed E-state index contributed by atoms with van der Waals surface area (Å²) in [6.45, 7) is 0. The van der Waals surface area contributed by atoms with Crippen molar-refractivity contribution in [3.8, 4) is 16.2 Å². The third-order valence-corrected chi connectivity index (χ3v) is 4.90. The summed E-state index contributed by atoms with van der Waals surface area (Å²) in [6, 6.07) is 5.88. The molecule has 0 unspecified atom stereocenters. The normalized spacial score (nSPS) is 10.9. The fraction of sp³-hybridized carbons (Fsp3) is 0.143. The van der Waals surface area contributed by atoms with Crippen LogP contribution in [0.5, 0.6) is 5.75 Å². The average Bonchev–Trinajstić information content (AvgIpc) is 2.92. The summed E-state index contributed by atoms with van der Waals surface area (Å²) in [7, 11) is 3.41. The van der Waals surface area contributed by atoms with Crippen LogP contribution in [0.2, 0.25) is 4.34 Å². The second-order valence-corrected chi connectivity index (χ2v) is 6.82. The number of benzene rings is 1. The number of thiophene rings is 1. The number of anilines is 1. The number of halogens is 2. The fourth-order valence-corrected chi connectivity index (χ4v) is 3.76. The quantitative estimate of drug-likeness (QED) is 0.703. The van der Waals surface area contributed by atoms with Gasteiger partial charge in [0.25, 0.3) is 0 Å². The van der Waals surface area contributed by atoms with Gasteiger partial charge in [-0.1, -0.05) is 11.6 Å². The summed E-state index contributed by atoms with van der Waals surface area (Å²) in [4.78, 5) is 9.88. The molecular formula is C14H11BrClN3OS. The molecule has 0 saturated heterocycles. The number of hydrogen-bond acceptors (Lipinski definition) is 5. The van der Waals surface area contributed by atoms with E-state index in [-0.39, 0.29) is 0 Å². The molecule has 0 saturated carbocycles. The summed E-state index contributed by atoms with van der Waals surface area (Å²) in [5, 5.41) is 3.87. The minimum Gasteiger partial charge on any atom is -0.493 e. The lowest BCUT2D eigenvalue weighted by Gasteiger charge is -2.11. The van der Waals surface area contributed by atoms with E-state index in [9.17, 15) is 0 Å². The zero-order chi connectivity index (χ0) is 15.0. The number of nitrogens with zero attached hydrogens (tertiary/aromatic N) is 2. The van der Waals surface area contributed by atoms with Crippen LogP contribution in [0.3, 0.4) is 0 Å². The van der Waals surface area contributed by atoms with Crippen molar-refractivity contribution in [3.05, 3.63) is 33.2 Å². The van der Waals surface area contributed by atoms with Crippen molar-refractivity contribution >= 4 is 55.7 Å². The molecule has 0 amide bonds. The minimum absolute atomic E-state index is 0.550. The van der Waals surface area contributed by atoms with Crippen molar-refractivity contribution in [2.45, 2.75) is 0 Å². The highest BCUT2D eigenvalue weighted by atomic mass is 79.9. The Kier molecular flexibility index (Phi) is 4.01. The predicted molar refractivity (Wildman–Crippen MR) is 91.7 cm³/mol. The van der Waals surface area contributed by atoms with E-state index in [4.69, 9.17) is 16.3 Å². The van der Waals surface area contributed by atoms with E-state index in [1.807, 2.05) is 18.2 Å². The molecule has 2 heterocycles. The van der Waals surface area contributed by atoms with Crippen LogP contribution in [0, 0.1) is 0 Å². The van der Waals surface area contributed by atoms with Crippen LogP contribution in [0.4, 0.5) is 5.95 Å². The number of methoxy groups -OCH3 is 1. The first-order valence-electron chi connectivity index (χ1n) is 6.10. The van der Waals surface area contributed by atoms with Gasteiger partial charge in [0.1, 0.15) is 5.52 Å². The van der Waals surface area contributed by atoms with Crippen molar-refractivity contribution in [2.75, 3.05) is 19.5 Å². The lowest BCUT2D eigenvalue weighted by atomic mass is 10.1. The van der Waals surface area contributed by atoms with Crippen molar-refractivity contribution < 1.29 is 4.74 Å². The number of rotatable bonds is 3. The van der Waals surface area contributed by atoms with Gasteiger partial charge in [-0.2, -0.15) is 0 Å². The van der Waals surface area contributed by atoms with Gasteiger partial charge in [-0.05, 0) is 34.1 Å². The van der Waals surface area contributed by atoms with Gasteiger partial charge >= 0.3 is 0 Å². The van der Waals surface area contributed by atoms with Crippen LogP contribution in [0.25, 0.3) is 21.3 Å². The first-order valence-corrected chi connectivity index (χ1v) is 8.09. The molecule has 108 valence electrons. The van der Waals surface area contributed by atoms with E-state index in [2.05, 4.69) is 31.2 Å². The highest BCUT2D eigenvalue weighted by molar-refractivity contribution is 9.10. The van der Waals surface area contributed by atoms with E-state index >= 15 is 0 Å². The Balaban J connectivity index is 2.36. The molecule has 0 spiro atoms. The molecule has 0 aliphatic rings. The number of fused-ring (bicyclic) bond motifs is 1. The molecule has 0 fully saturated rings. The summed E-state index contributed by atoms with van der Waals surface area (Å²) < 4.78 is 7.06. The molecular weight excluding hydrogens is 374 g/mol. The zero-order valence-electron chi connectivity index (χ0n) is 11.3. The first kappa shape index (κ1) is 14.6. The molecule has 0 aliphatic heterocycles. The average molecular weight is 385 g/mol. The highest BCUT2D eigenvalue weighted by Crippen LogP contribution is 2.42. The second-order valence-electron chi connectivity index (χ2n) is 4.25. The zero-order valence-corrected chi connectivity index (χ0v) is 14.4. The van der Waals surface area contributed by atoms with Gasteiger partial charge in [-0.25, -0.2) is 9.97 Å². The minimum atomic E-state index is 0.550. The van der Waals surface area contributed by atoms with Crippen LogP contribution < -0.4 is 10.1 Å². The Morgan fingerprint density at radius 1 is 1.38 bits per heavy atom. The lowest BCUT2D eigenvalue weighted by Crippen LogP contribution is -1.98. The molecule has 7 heteroatoms. The molecule has 4 nitrogen and oxygen atoms in total. The number of ether oxygens (including phenoxy) is 1. The SMILES string of the molecule is CNc1ncc2c(-c3ccc(Cl)s3)cc(Br)c(OC)c2n1. The Morgan fingerprint density at radius 2 is 2.19 bits per heavy atom. The molecule has 0 bridgehead atoms. The van der Waals surface area contributed by atoms with Gasteiger partial charge < -0.3 is 10.1 Å². The largest absolute Gasteiger partial charge is 0.493 e. The van der Waals surface area contributed by atoms with Gasteiger partial charge in [0.2, 0.25) is 5.95 Å². The lowest BCUT2D eigenvalue weighted by molar-refractivity contribution is 0.416. The molecule has 0 atom stereocenters. The van der Waals surface area contributed by atoms with Gasteiger partial charge in [-0.3, -0.25) is 0 Å². The molecule has 2 aromatic heterocycles. The molecule has 3 aromatic rings. The van der Waals surface area contributed by atoms with Crippen LogP contribution in [0.1, 0.15) is 0 Å². The number of hydrogen-bond donors (Lipinski definition) is 1. The van der Waals surface area contributed by atoms with Crippen LogP contribution in [0.15, 0.2) is 28.9 Å². The molecule has 0 aliphatic carbocycles. The highest BCUT2D eigenvalue weighted by Gasteiger charge is 2.16. The van der Waals surface area contributed by atoms with Gasteiger partial charge in [-0.15, -0.1) is 11.3 Å². The molecule has 3 rings (SSSR count). The number of nitrogens with one attached hydrogen (secondary N) is 1. The summed E-state index contributed by atoms with van der Waals surface area (Å²) in [5.74, 6) is 1.24. The summed E-state index contributed by atoms with van der Waals surface area (Å²) in [5.41, 5.74) is 1.78. The Bertz CT molecular complexity index is 821. The standard InChI is InChI=1S/C14H11BrClN3OS/c1-17-14-18-6-8-7(10-3-4-11(16)21-10)5-9(15)13(20-2)12(8)19-14/h3-6H,1-2H3,(H,17,18,19). The number of aromatic nitrogens is 2. The van der Waals surface area contributed by atoms with Crippen LogP contribution >= 0.6 is 38.9 Å². The maximum atomic E-state index is 6.05. The molecule has 0 radical (unpaired) electrons. The van der Waals surface area contributed by atoms with E-state index in [1.54, 1.807) is 20.4 Å². The third kappa shape index (κ3) is 2.59. The maximum Gasteiger partial charge on any atom is 0.223 e. The third-order valence-electron chi connectivity index (χ3n) is 3.05. The van der Waals surface area contributed by atoms with E-state index in [1.165, 1.54) is 11.3 Å². The first-order chi connectivity index (χ1) is 10.1. The topological polar surface area (TPSA) is 47.0 Å². The summed E-state index contributed by atoms with van der Waals surface area (Å²) in [6.07, 6.45) is 1.80. The fourth-order valence-electron chi connectivity index (χ4n) is 2.11. The van der Waals surface area contributed by atoms with Crippen molar-refractivity contribution in [2.24, 2.45) is 0 Å². The van der Waals surface area contributed by atoms with E-state index in [0.717, 1.165) is 30.2 Å². The molecule has 21 heavy (non-hydrogen) atoms. The predicted octanol–water partition coefficient (Wildman–Crippen LogP) is 4.82. The van der Waals surface area contributed by atoms with Crippen LogP contribution in [-0.4, -0.2) is 24.1 Å². The molecule has 1 aromatic carbocycles. The van der Waals surface area contributed by atoms with Gasteiger partial charge in [0.05, 0.1) is 15.9 Å². The van der Waals surface area contributed by atoms with Gasteiger partial charge in [0.15, 0.2) is 5.75 Å². The molecule has 1 N–H and O–H groups in total. The smallest absolute Gasteiger partial charge is 0.223 e. The monoisotopic (exact) mass is 383 g/mol. The Morgan fingerprint density at radius 3 is 2.81 bits per heavy atom. The van der Waals surface area contributed by atoms with Crippen molar-refractivity contribution in [1.82, 2.24) is 9.97 Å². The van der Waals surface area contributed by atoms with E-state index < -0.39 is 0 Å². The maximum absolute atomic E-state index is 6.05. The Labute approximate surface area is 139 Å². The Hall–Kier alpha value is -1.37. The van der Waals surface area contributed by atoms with Crippen LogP contribution in [-0.2, 0) is 0 Å². The van der Waals surface area contributed by atoms with E-state index in [0.29, 0.717) is 11.7 Å².